The lowest BCUT2D eigenvalue weighted by Crippen LogP contribution is -2.15. The van der Waals surface area contributed by atoms with Crippen LogP contribution in [0.5, 0.6) is 11.5 Å². The van der Waals surface area contributed by atoms with Crippen molar-refractivity contribution in [3.63, 3.8) is 0 Å². The number of nitrogens with zero attached hydrogens (tertiary/aromatic N) is 4. The minimum absolute atomic E-state index is 0.164. The van der Waals surface area contributed by atoms with E-state index in [1.54, 1.807) is 48.3 Å². The fourth-order valence-corrected chi connectivity index (χ4v) is 3.98. The van der Waals surface area contributed by atoms with E-state index >= 15 is 0 Å². The molecule has 3 aromatic heterocycles. The number of carbonyl (C=O) groups excluding carboxylic acids is 1. The summed E-state index contributed by atoms with van der Waals surface area (Å²) < 4.78 is 12.2. The number of hydrogen-bond donors (Lipinski definition) is 1. The fraction of sp³-hybridized carbons (Fsp3) is 0.158. The molecule has 0 saturated carbocycles. The Morgan fingerprint density at radius 1 is 1.17 bits per heavy atom. The number of thiophene rings is 1. The number of amides is 1. The summed E-state index contributed by atoms with van der Waals surface area (Å²) in [5.41, 5.74) is 1.24. The highest BCUT2D eigenvalue weighted by Gasteiger charge is 2.13. The highest BCUT2D eigenvalue weighted by atomic mass is 32.2. The molecule has 0 unspecified atom stereocenters. The van der Waals surface area contributed by atoms with Crippen molar-refractivity contribution in [1.29, 1.82) is 0 Å². The number of benzene rings is 1. The molecule has 0 spiro atoms. The molecule has 0 aliphatic carbocycles. The Balaban J connectivity index is 1.46. The smallest absolute Gasteiger partial charge is 0.234 e. The number of carbonyl (C=O) groups is 1. The van der Waals surface area contributed by atoms with Crippen LogP contribution in [0.2, 0.25) is 0 Å². The quantitative estimate of drug-likeness (QED) is 0.451. The number of anilines is 1. The zero-order valence-electron chi connectivity index (χ0n) is 15.7. The van der Waals surface area contributed by atoms with Gasteiger partial charge in [0.1, 0.15) is 16.5 Å². The summed E-state index contributed by atoms with van der Waals surface area (Å²) in [4.78, 5) is 13.4. The van der Waals surface area contributed by atoms with Crippen molar-refractivity contribution < 1.29 is 14.3 Å². The zero-order valence-corrected chi connectivity index (χ0v) is 17.3. The van der Waals surface area contributed by atoms with E-state index in [-0.39, 0.29) is 11.7 Å². The van der Waals surface area contributed by atoms with Crippen molar-refractivity contribution in [1.82, 2.24) is 19.8 Å². The summed E-state index contributed by atoms with van der Waals surface area (Å²) in [6, 6.07) is 12.8. The van der Waals surface area contributed by atoms with E-state index in [9.17, 15) is 4.79 Å². The molecule has 3 heterocycles. The first-order valence-corrected chi connectivity index (χ1v) is 10.5. The average Bonchev–Trinajstić information content (AvgIpc) is 3.41. The SMILES string of the molecule is COc1ccc(NC(=O)CSc2ccc3nnc(-c4cccs4)n3n2)c(OC)c1. The van der Waals surface area contributed by atoms with Crippen LogP contribution >= 0.6 is 23.1 Å². The predicted molar refractivity (Wildman–Crippen MR) is 113 cm³/mol. The van der Waals surface area contributed by atoms with E-state index in [1.165, 1.54) is 11.8 Å². The molecule has 4 aromatic rings. The first-order valence-electron chi connectivity index (χ1n) is 8.59. The maximum Gasteiger partial charge on any atom is 0.234 e. The number of fused-ring (bicyclic) bond motifs is 1. The van der Waals surface area contributed by atoms with Crippen LogP contribution in [-0.4, -0.2) is 45.7 Å². The number of hydrogen-bond acceptors (Lipinski definition) is 8. The van der Waals surface area contributed by atoms with E-state index in [0.29, 0.717) is 33.7 Å². The van der Waals surface area contributed by atoms with Crippen molar-refractivity contribution >= 4 is 40.3 Å². The molecule has 1 aromatic carbocycles. The number of methoxy groups -OCH3 is 2. The van der Waals surface area contributed by atoms with Gasteiger partial charge in [-0.25, -0.2) is 0 Å². The summed E-state index contributed by atoms with van der Waals surface area (Å²) in [6.07, 6.45) is 0. The molecule has 0 atom stereocenters. The Bertz CT molecular complexity index is 1140. The Labute approximate surface area is 174 Å². The van der Waals surface area contributed by atoms with Crippen molar-refractivity contribution in [3.05, 3.63) is 47.8 Å². The topological polar surface area (TPSA) is 90.6 Å². The Morgan fingerprint density at radius 3 is 2.83 bits per heavy atom. The van der Waals surface area contributed by atoms with Gasteiger partial charge in [0.2, 0.25) is 5.91 Å². The molecule has 0 saturated heterocycles. The molecular formula is C19H17N5O3S2. The molecule has 0 aliphatic rings. The van der Waals surface area contributed by atoms with Crippen LogP contribution in [0.3, 0.4) is 0 Å². The second-order valence-electron chi connectivity index (χ2n) is 5.85. The molecule has 0 bridgehead atoms. The molecule has 29 heavy (non-hydrogen) atoms. The summed E-state index contributed by atoms with van der Waals surface area (Å²) in [5, 5.41) is 18.5. The molecule has 148 valence electrons. The van der Waals surface area contributed by atoms with Gasteiger partial charge >= 0.3 is 0 Å². The Kier molecular flexibility index (Phi) is 5.63. The van der Waals surface area contributed by atoms with Crippen molar-refractivity contribution in [2.45, 2.75) is 5.03 Å². The first-order chi connectivity index (χ1) is 14.2. The van der Waals surface area contributed by atoms with Crippen LogP contribution in [0.1, 0.15) is 0 Å². The summed E-state index contributed by atoms with van der Waals surface area (Å²) in [5.74, 6) is 1.91. The standard InChI is InChI=1S/C19H17N5O3S2/c1-26-12-5-6-13(14(10-12)27-2)20-17(25)11-29-18-8-7-16-21-22-19(24(16)23-18)15-4-3-9-28-15/h3-10H,11H2,1-2H3,(H,20,25). The van der Waals surface area contributed by atoms with Gasteiger partial charge in [0.25, 0.3) is 0 Å². The van der Waals surface area contributed by atoms with Gasteiger partial charge in [-0.15, -0.1) is 21.5 Å². The third-order valence-corrected chi connectivity index (χ3v) is 5.80. The predicted octanol–water partition coefficient (Wildman–Crippen LogP) is 3.60. The molecule has 0 aliphatic heterocycles. The van der Waals surface area contributed by atoms with Crippen LogP contribution in [0.15, 0.2) is 52.9 Å². The zero-order chi connectivity index (χ0) is 20.2. The molecule has 0 radical (unpaired) electrons. The maximum atomic E-state index is 12.4. The van der Waals surface area contributed by atoms with E-state index in [4.69, 9.17) is 9.47 Å². The van der Waals surface area contributed by atoms with Crippen LogP contribution in [0.25, 0.3) is 16.3 Å². The van der Waals surface area contributed by atoms with Crippen molar-refractivity contribution in [3.8, 4) is 22.2 Å². The number of ether oxygens (including phenoxy) is 2. The van der Waals surface area contributed by atoms with Gasteiger partial charge in [-0.3, -0.25) is 4.79 Å². The minimum atomic E-state index is -0.164. The molecule has 4 rings (SSSR count). The van der Waals surface area contributed by atoms with Crippen molar-refractivity contribution in [2.75, 3.05) is 25.3 Å². The summed E-state index contributed by atoms with van der Waals surface area (Å²) in [6.45, 7) is 0. The third kappa shape index (κ3) is 4.17. The lowest BCUT2D eigenvalue weighted by Gasteiger charge is -2.11. The van der Waals surface area contributed by atoms with Gasteiger partial charge in [0, 0.05) is 6.07 Å². The highest BCUT2D eigenvalue weighted by Crippen LogP contribution is 2.29. The second kappa shape index (κ2) is 8.50. The number of aromatic nitrogens is 4. The summed E-state index contributed by atoms with van der Waals surface area (Å²) >= 11 is 2.90. The molecular weight excluding hydrogens is 410 g/mol. The molecule has 1 N–H and O–H groups in total. The highest BCUT2D eigenvalue weighted by molar-refractivity contribution is 7.99. The second-order valence-corrected chi connectivity index (χ2v) is 7.79. The summed E-state index contributed by atoms with van der Waals surface area (Å²) in [7, 11) is 3.12. The third-order valence-electron chi connectivity index (χ3n) is 4.01. The van der Waals surface area contributed by atoms with E-state index in [1.807, 2.05) is 29.6 Å². The normalized spacial score (nSPS) is 10.8. The maximum absolute atomic E-state index is 12.4. The largest absolute Gasteiger partial charge is 0.497 e. The van der Waals surface area contributed by atoms with E-state index in [0.717, 1.165) is 4.88 Å². The number of thioether (sulfide) groups is 1. The minimum Gasteiger partial charge on any atom is -0.497 e. The Hall–Kier alpha value is -3.11. The first kappa shape index (κ1) is 19.2. The van der Waals surface area contributed by atoms with Gasteiger partial charge in [-0.1, -0.05) is 17.8 Å². The van der Waals surface area contributed by atoms with Crippen LogP contribution in [-0.2, 0) is 4.79 Å². The van der Waals surface area contributed by atoms with E-state index < -0.39 is 0 Å². The monoisotopic (exact) mass is 427 g/mol. The molecule has 0 fully saturated rings. The lowest BCUT2D eigenvalue weighted by atomic mass is 10.2. The molecule has 10 heteroatoms. The van der Waals surface area contributed by atoms with Gasteiger partial charge in [0.15, 0.2) is 11.5 Å². The van der Waals surface area contributed by atoms with E-state index in [2.05, 4.69) is 20.6 Å². The fourth-order valence-electron chi connectivity index (χ4n) is 2.64. The molecule has 1 amide bonds. The van der Waals surface area contributed by atoms with Gasteiger partial charge < -0.3 is 14.8 Å². The van der Waals surface area contributed by atoms with Gasteiger partial charge in [-0.2, -0.15) is 9.61 Å². The average molecular weight is 428 g/mol. The van der Waals surface area contributed by atoms with Gasteiger partial charge in [0.05, 0.1) is 30.5 Å². The lowest BCUT2D eigenvalue weighted by molar-refractivity contribution is -0.113. The Morgan fingerprint density at radius 2 is 2.07 bits per heavy atom. The van der Waals surface area contributed by atoms with Crippen LogP contribution < -0.4 is 14.8 Å². The molecule has 8 nitrogen and oxygen atoms in total. The number of rotatable bonds is 7. The van der Waals surface area contributed by atoms with Crippen molar-refractivity contribution in [2.24, 2.45) is 0 Å². The van der Waals surface area contributed by atoms with Gasteiger partial charge in [-0.05, 0) is 35.7 Å². The van der Waals surface area contributed by atoms with Crippen LogP contribution in [0.4, 0.5) is 5.69 Å². The number of nitrogens with one attached hydrogen (secondary N) is 1. The van der Waals surface area contributed by atoms with Crippen LogP contribution in [0, 0.1) is 0 Å².